The number of nitrogens with one attached hydrogen (secondary N) is 2. The number of imidazole rings is 1. The number of nitrogens with zero attached hydrogens (tertiary/aromatic N) is 5. The maximum Gasteiger partial charge on any atom is 0.283 e. The van der Waals surface area contributed by atoms with Crippen molar-refractivity contribution >= 4 is 22.3 Å². The standard InChI is InChI=1S/C28H28FN7O3/c1-15-31-12-23(33-15)34-22-9-17(13-35(5)26(22)38)19-6-7-30-25(20(19)14-37)36-27(39)24-16(11-32-36)8-18(10-21(24)29)28(2,3)4/h6-13,34,37H,14H2,1-5H3,(H,31,33). The molecular formula is C28H28FN7O3. The number of hydrogen-bond donors (Lipinski definition) is 3. The molecule has 0 aliphatic heterocycles. The van der Waals surface area contributed by atoms with Gasteiger partial charge in [-0.15, -0.1) is 0 Å². The molecule has 4 aromatic heterocycles. The van der Waals surface area contributed by atoms with Gasteiger partial charge in [0.2, 0.25) is 0 Å². The predicted molar refractivity (Wildman–Crippen MR) is 147 cm³/mol. The third kappa shape index (κ3) is 4.72. The molecule has 0 unspecified atom stereocenters. The topological polar surface area (TPSA) is 131 Å². The molecule has 5 rings (SSSR count). The van der Waals surface area contributed by atoms with Gasteiger partial charge < -0.3 is 20.0 Å². The Morgan fingerprint density at radius 1 is 1.10 bits per heavy atom. The molecule has 0 atom stereocenters. The second-order valence-electron chi connectivity index (χ2n) is 10.4. The highest BCUT2D eigenvalue weighted by Gasteiger charge is 2.21. The lowest BCUT2D eigenvalue weighted by Gasteiger charge is -2.20. The van der Waals surface area contributed by atoms with Gasteiger partial charge in [0.25, 0.3) is 11.1 Å². The molecule has 200 valence electrons. The lowest BCUT2D eigenvalue weighted by atomic mass is 9.86. The molecule has 5 aromatic rings. The van der Waals surface area contributed by atoms with Crippen molar-refractivity contribution in [2.45, 2.75) is 39.7 Å². The van der Waals surface area contributed by atoms with Gasteiger partial charge in [-0.25, -0.2) is 14.4 Å². The maximum atomic E-state index is 15.2. The fraction of sp³-hybridized carbons (Fsp3) is 0.250. The zero-order valence-corrected chi connectivity index (χ0v) is 22.2. The Hall–Kier alpha value is -4.64. The number of aliphatic hydroxyl groups is 1. The van der Waals surface area contributed by atoms with Crippen LogP contribution < -0.4 is 16.4 Å². The van der Waals surface area contributed by atoms with Crippen LogP contribution in [0, 0.1) is 12.7 Å². The molecule has 3 N–H and O–H groups in total. The van der Waals surface area contributed by atoms with Crippen LogP contribution in [0.3, 0.4) is 0 Å². The number of aromatic nitrogens is 6. The Labute approximate surface area is 222 Å². The minimum absolute atomic E-state index is 0.0637. The Bertz CT molecular complexity index is 1850. The molecule has 0 spiro atoms. The summed E-state index contributed by atoms with van der Waals surface area (Å²) in [5.41, 5.74) is 1.14. The van der Waals surface area contributed by atoms with Gasteiger partial charge in [0.15, 0.2) is 5.82 Å². The molecule has 0 amide bonds. The molecule has 0 aliphatic carbocycles. The smallest absolute Gasteiger partial charge is 0.283 e. The van der Waals surface area contributed by atoms with Crippen LogP contribution in [-0.2, 0) is 19.1 Å². The quantitative estimate of drug-likeness (QED) is 0.315. The molecule has 11 heteroatoms. The van der Waals surface area contributed by atoms with Crippen molar-refractivity contribution in [1.82, 2.24) is 29.3 Å². The van der Waals surface area contributed by atoms with E-state index >= 15 is 4.39 Å². The SMILES string of the molecule is Cc1ncc(Nc2cc(-c3ccnc(-n4ncc5cc(C(C)(C)C)cc(F)c5c4=O)c3CO)cn(C)c2=O)[nH]1. The normalized spacial score (nSPS) is 11.8. The fourth-order valence-electron chi connectivity index (χ4n) is 4.49. The summed E-state index contributed by atoms with van der Waals surface area (Å²) in [6, 6.07) is 6.43. The van der Waals surface area contributed by atoms with E-state index in [4.69, 9.17) is 0 Å². The van der Waals surface area contributed by atoms with E-state index in [0.717, 1.165) is 10.2 Å². The number of aryl methyl sites for hydroxylation is 2. The van der Waals surface area contributed by atoms with Crippen LogP contribution in [0.4, 0.5) is 15.9 Å². The van der Waals surface area contributed by atoms with Crippen LogP contribution in [0.2, 0.25) is 0 Å². The second kappa shape index (κ2) is 9.59. The van der Waals surface area contributed by atoms with Gasteiger partial charge in [0.1, 0.15) is 23.1 Å². The first-order chi connectivity index (χ1) is 18.5. The number of benzene rings is 1. The molecule has 0 saturated heterocycles. The Morgan fingerprint density at radius 3 is 2.54 bits per heavy atom. The van der Waals surface area contributed by atoms with E-state index in [0.29, 0.717) is 33.7 Å². The molecular weight excluding hydrogens is 501 g/mol. The van der Waals surface area contributed by atoms with E-state index in [1.807, 2.05) is 20.8 Å². The largest absolute Gasteiger partial charge is 0.392 e. The van der Waals surface area contributed by atoms with E-state index in [-0.39, 0.29) is 27.9 Å². The number of H-pyrrole nitrogens is 1. The lowest BCUT2D eigenvalue weighted by molar-refractivity contribution is 0.281. The molecule has 0 saturated carbocycles. The summed E-state index contributed by atoms with van der Waals surface area (Å²) in [6.45, 7) is 7.19. The lowest BCUT2D eigenvalue weighted by Crippen LogP contribution is -2.25. The van der Waals surface area contributed by atoms with Gasteiger partial charge in [-0.2, -0.15) is 9.78 Å². The third-order valence-corrected chi connectivity index (χ3v) is 6.56. The zero-order valence-electron chi connectivity index (χ0n) is 22.2. The Morgan fingerprint density at radius 2 is 1.87 bits per heavy atom. The molecule has 4 heterocycles. The van der Waals surface area contributed by atoms with Crippen LogP contribution >= 0.6 is 0 Å². The van der Waals surface area contributed by atoms with Gasteiger partial charge >= 0.3 is 0 Å². The average Bonchev–Trinajstić information content (AvgIpc) is 3.30. The van der Waals surface area contributed by atoms with Crippen LogP contribution in [-0.4, -0.2) is 34.4 Å². The van der Waals surface area contributed by atoms with E-state index in [1.54, 1.807) is 44.6 Å². The minimum Gasteiger partial charge on any atom is -0.392 e. The Balaban J connectivity index is 1.66. The van der Waals surface area contributed by atoms with E-state index in [1.165, 1.54) is 23.0 Å². The van der Waals surface area contributed by atoms with Gasteiger partial charge in [0.05, 0.1) is 24.4 Å². The highest BCUT2D eigenvalue weighted by Crippen LogP contribution is 2.30. The van der Waals surface area contributed by atoms with Gasteiger partial charge in [-0.05, 0) is 47.7 Å². The van der Waals surface area contributed by atoms with Crippen LogP contribution in [0.5, 0.6) is 0 Å². The first-order valence-corrected chi connectivity index (χ1v) is 12.3. The van der Waals surface area contributed by atoms with Gasteiger partial charge in [-0.1, -0.05) is 20.8 Å². The van der Waals surface area contributed by atoms with Crippen molar-refractivity contribution in [2.75, 3.05) is 5.32 Å². The van der Waals surface area contributed by atoms with Crippen LogP contribution in [0.25, 0.3) is 27.7 Å². The van der Waals surface area contributed by atoms with Crippen molar-refractivity contribution < 1.29 is 9.50 Å². The maximum absolute atomic E-state index is 15.2. The van der Waals surface area contributed by atoms with Crippen molar-refractivity contribution in [3.8, 4) is 16.9 Å². The Kier molecular flexibility index (Phi) is 6.39. The van der Waals surface area contributed by atoms with Crippen LogP contribution in [0.15, 0.2) is 58.6 Å². The van der Waals surface area contributed by atoms with Crippen molar-refractivity contribution in [3.05, 3.63) is 92.5 Å². The summed E-state index contributed by atoms with van der Waals surface area (Å²) < 4.78 is 17.6. The summed E-state index contributed by atoms with van der Waals surface area (Å²) >= 11 is 0. The highest BCUT2D eigenvalue weighted by molar-refractivity contribution is 5.83. The molecule has 0 fully saturated rings. The first-order valence-electron chi connectivity index (χ1n) is 12.3. The first kappa shape index (κ1) is 26.0. The number of rotatable bonds is 5. The molecule has 0 aliphatic rings. The zero-order chi connectivity index (χ0) is 28.1. The number of hydrogen-bond acceptors (Lipinski definition) is 7. The van der Waals surface area contributed by atoms with Gasteiger partial charge in [-0.3, -0.25) is 9.59 Å². The third-order valence-electron chi connectivity index (χ3n) is 6.56. The fourth-order valence-corrected chi connectivity index (χ4v) is 4.49. The summed E-state index contributed by atoms with van der Waals surface area (Å²) in [5, 5.41) is 18.0. The number of fused-ring (bicyclic) bond motifs is 1. The van der Waals surface area contributed by atoms with E-state index in [2.05, 4.69) is 25.4 Å². The summed E-state index contributed by atoms with van der Waals surface area (Å²) in [6.07, 6.45) is 6.09. The summed E-state index contributed by atoms with van der Waals surface area (Å²) in [7, 11) is 1.61. The van der Waals surface area contributed by atoms with Crippen LogP contribution in [0.1, 0.15) is 37.7 Å². The summed E-state index contributed by atoms with van der Waals surface area (Å²) in [5.74, 6) is 0.645. The molecule has 39 heavy (non-hydrogen) atoms. The summed E-state index contributed by atoms with van der Waals surface area (Å²) in [4.78, 5) is 37.7. The predicted octanol–water partition coefficient (Wildman–Crippen LogP) is 3.85. The van der Waals surface area contributed by atoms with Crippen molar-refractivity contribution in [1.29, 1.82) is 0 Å². The van der Waals surface area contributed by atoms with E-state index in [9.17, 15) is 14.7 Å². The molecule has 1 aromatic carbocycles. The number of anilines is 2. The average molecular weight is 530 g/mol. The molecule has 10 nitrogen and oxygen atoms in total. The monoisotopic (exact) mass is 529 g/mol. The molecule has 0 radical (unpaired) electrons. The minimum atomic E-state index is -0.692. The number of pyridine rings is 2. The molecule has 0 bridgehead atoms. The number of aliphatic hydroxyl groups excluding tert-OH is 1. The number of aromatic amines is 1. The van der Waals surface area contributed by atoms with Crippen molar-refractivity contribution in [3.63, 3.8) is 0 Å². The number of halogens is 1. The second-order valence-corrected chi connectivity index (χ2v) is 10.4. The van der Waals surface area contributed by atoms with Crippen molar-refractivity contribution in [2.24, 2.45) is 7.05 Å². The highest BCUT2D eigenvalue weighted by atomic mass is 19.1. The van der Waals surface area contributed by atoms with Gasteiger partial charge in [0, 0.05) is 36.0 Å². The van der Waals surface area contributed by atoms with E-state index < -0.39 is 18.0 Å².